The molecule has 0 aromatic carbocycles. The van der Waals surface area contributed by atoms with Crippen LogP contribution in [0.1, 0.15) is 0 Å². The van der Waals surface area contributed by atoms with Crippen molar-refractivity contribution in [2.45, 2.75) is 6.04 Å². The molecule has 0 aromatic rings. The first kappa shape index (κ1) is 10.8. The Bertz CT molecular complexity index is 76.9. The maximum absolute atomic E-state index is 9.65. The van der Waals surface area contributed by atoms with Crippen molar-refractivity contribution in [2.24, 2.45) is 5.73 Å². The first-order chi connectivity index (χ1) is 3.18. The van der Waals surface area contributed by atoms with E-state index in [2.05, 4.69) is 0 Å². The van der Waals surface area contributed by atoms with Gasteiger partial charge in [-0.25, -0.2) is 0 Å². The van der Waals surface area contributed by atoms with Gasteiger partial charge in [-0.2, -0.15) is 0 Å². The average molecular weight is 160 g/mol. The molecule has 0 rings (SSSR count). The summed E-state index contributed by atoms with van der Waals surface area (Å²) in [6.45, 7) is -0.505. The third-order valence-electron chi connectivity index (χ3n) is 0.514. The molecular weight excluding hydrogens is 153 g/mol. The molecule has 0 aliphatic carbocycles. The molecule has 0 spiro atoms. The van der Waals surface area contributed by atoms with Crippen molar-refractivity contribution < 1.29 is 32.1 Å². The number of aliphatic hydroxyl groups excluding tert-OH is 1. The predicted octanol–water partition coefficient (Wildman–Crippen LogP) is -1.61. The van der Waals surface area contributed by atoms with Gasteiger partial charge in [0, 0.05) is 17.1 Å². The minimum atomic E-state index is -1.18. The monoisotopic (exact) mass is 160 g/mol. The molecule has 0 aliphatic rings. The molecule has 0 bridgehead atoms. The van der Waals surface area contributed by atoms with Gasteiger partial charge in [0.15, 0.2) is 0 Å². The van der Waals surface area contributed by atoms with E-state index in [1.54, 1.807) is 0 Å². The van der Waals surface area contributed by atoms with Crippen molar-refractivity contribution >= 4 is 5.97 Å². The quantitative estimate of drug-likeness (QED) is 0.424. The van der Waals surface area contributed by atoms with E-state index in [-0.39, 0.29) is 17.1 Å². The van der Waals surface area contributed by atoms with E-state index in [0.29, 0.717) is 0 Å². The molecule has 0 aliphatic heterocycles. The number of carbonyl (C=O) groups is 1. The van der Waals surface area contributed by atoms with Gasteiger partial charge in [-0.3, -0.25) is 4.79 Å². The topological polar surface area (TPSA) is 83.5 Å². The second-order valence-corrected chi connectivity index (χ2v) is 1.13. The minimum absolute atomic E-state index is 0. The first-order valence-electron chi connectivity index (χ1n) is 1.77. The van der Waals surface area contributed by atoms with Gasteiger partial charge in [0.2, 0.25) is 0 Å². The summed E-state index contributed by atoms with van der Waals surface area (Å²) < 4.78 is 0. The van der Waals surface area contributed by atoms with Gasteiger partial charge in [0.25, 0.3) is 0 Å². The summed E-state index contributed by atoms with van der Waals surface area (Å²) in [5.74, 6) is -1.18. The van der Waals surface area contributed by atoms with E-state index in [9.17, 15) is 4.79 Å². The molecule has 4 N–H and O–H groups in total. The van der Waals surface area contributed by atoms with Gasteiger partial charge in [0.1, 0.15) is 6.04 Å². The zero-order chi connectivity index (χ0) is 5.86. The van der Waals surface area contributed by atoms with Gasteiger partial charge in [-0.15, -0.1) is 0 Å². The van der Waals surface area contributed by atoms with Crippen LogP contribution in [-0.2, 0) is 21.9 Å². The predicted molar refractivity (Wildman–Crippen MR) is 22.7 cm³/mol. The fourth-order valence-electron chi connectivity index (χ4n) is 0.0781. The Balaban J connectivity index is 0. The van der Waals surface area contributed by atoms with Crippen LogP contribution < -0.4 is 5.73 Å². The third kappa shape index (κ3) is 4.08. The molecule has 4 nitrogen and oxygen atoms in total. The standard InChI is InChI=1S/C3H7NO3.Mn/c4-2(1-5)3(6)7;/h2,5H,1,4H2,(H,6,7);/t2-;/m0./s1. The summed E-state index contributed by atoms with van der Waals surface area (Å²) in [5, 5.41) is 15.9. The van der Waals surface area contributed by atoms with E-state index >= 15 is 0 Å². The van der Waals surface area contributed by atoms with Gasteiger partial charge in [-0.1, -0.05) is 0 Å². The molecule has 0 aromatic heterocycles. The maximum atomic E-state index is 9.65. The van der Waals surface area contributed by atoms with E-state index < -0.39 is 18.6 Å². The van der Waals surface area contributed by atoms with Crippen molar-refractivity contribution in [3.05, 3.63) is 0 Å². The Morgan fingerprint density at radius 2 is 2.12 bits per heavy atom. The summed E-state index contributed by atoms with van der Waals surface area (Å²) in [7, 11) is 0. The smallest absolute Gasteiger partial charge is 0.322 e. The van der Waals surface area contributed by atoms with Crippen LogP contribution in [0.3, 0.4) is 0 Å². The van der Waals surface area contributed by atoms with Crippen molar-refractivity contribution in [3.8, 4) is 0 Å². The molecule has 5 heteroatoms. The number of nitrogens with two attached hydrogens (primary N) is 1. The van der Waals surface area contributed by atoms with Crippen LogP contribution in [0.5, 0.6) is 0 Å². The van der Waals surface area contributed by atoms with Crippen LogP contribution in [0.25, 0.3) is 0 Å². The van der Waals surface area contributed by atoms with E-state index in [4.69, 9.17) is 15.9 Å². The van der Waals surface area contributed by atoms with Crippen molar-refractivity contribution in [1.82, 2.24) is 0 Å². The molecule has 8 heavy (non-hydrogen) atoms. The summed E-state index contributed by atoms with van der Waals surface area (Å²) in [4.78, 5) is 9.65. The van der Waals surface area contributed by atoms with Gasteiger partial charge in [0.05, 0.1) is 6.61 Å². The number of aliphatic carboxylic acids is 1. The second-order valence-electron chi connectivity index (χ2n) is 1.13. The van der Waals surface area contributed by atoms with Crippen molar-refractivity contribution in [3.63, 3.8) is 0 Å². The number of carboxylic acid groups (broad SMARTS) is 1. The average Bonchev–Trinajstić information content (AvgIpc) is 1.65. The normalized spacial score (nSPS) is 11.8. The molecule has 0 heterocycles. The van der Waals surface area contributed by atoms with Crippen LogP contribution >= 0.6 is 0 Å². The van der Waals surface area contributed by atoms with Gasteiger partial charge >= 0.3 is 5.97 Å². The molecule has 0 unspecified atom stereocenters. The van der Waals surface area contributed by atoms with E-state index in [1.165, 1.54) is 0 Å². The molecule has 1 radical (unpaired) electrons. The Labute approximate surface area is 57.2 Å². The number of hydrogen-bond acceptors (Lipinski definition) is 3. The molecule has 49 valence electrons. The van der Waals surface area contributed by atoms with Gasteiger partial charge < -0.3 is 15.9 Å². The number of hydrogen-bond donors (Lipinski definition) is 3. The summed E-state index contributed by atoms with van der Waals surface area (Å²) in [6.07, 6.45) is 0. The molecule has 0 saturated heterocycles. The largest absolute Gasteiger partial charge is 0.480 e. The first-order valence-corrected chi connectivity index (χ1v) is 1.77. The number of rotatable bonds is 2. The Hall–Kier alpha value is -0.0905. The maximum Gasteiger partial charge on any atom is 0.322 e. The van der Waals surface area contributed by atoms with E-state index in [1.807, 2.05) is 0 Å². The molecule has 1 atom stereocenters. The molecule has 0 fully saturated rings. The summed E-state index contributed by atoms with van der Waals surface area (Å²) >= 11 is 0. The van der Waals surface area contributed by atoms with Crippen LogP contribution in [-0.4, -0.2) is 28.8 Å². The third-order valence-corrected chi connectivity index (χ3v) is 0.514. The zero-order valence-electron chi connectivity index (χ0n) is 4.04. The molecule has 0 saturated carbocycles. The number of aliphatic hydroxyl groups is 1. The SMILES string of the molecule is N[C@@H](CO)C(=O)O.[Mn]. The van der Waals surface area contributed by atoms with Gasteiger partial charge in [-0.05, 0) is 0 Å². The summed E-state index contributed by atoms with van der Waals surface area (Å²) in [5.41, 5.74) is 4.77. The van der Waals surface area contributed by atoms with Crippen LogP contribution in [0.2, 0.25) is 0 Å². The van der Waals surface area contributed by atoms with Crippen LogP contribution in [0.15, 0.2) is 0 Å². The second kappa shape index (κ2) is 5.05. The number of carboxylic acids is 1. The Morgan fingerprint density at radius 3 is 2.12 bits per heavy atom. The Kier molecular flexibility index (Phi) is 6.83. The van der Waals surface area contributed by atoms with E-state index in [0.717, 1.165) is 0 Å². The summed E-state index contributed by atoms with van der Waals surface area (Å²) in [6, 6.07) is -1.13. The van der Waals surface area contributed by atoms with Crippen LogP contribution in [0, 0.1) is 0 Å². The Morgan fingerprint density at radius 1 is 1.75 bits per heavy atom. The fraction of sp³-hybridized carbons (Fsp3) is 0.667. The zero-order valence-corrected chi connectivity index (χ0v) is 5.22. The minimum Gasteiger partial charge on any atom is -0.480 e. The van der Waals surface area contributed by atoms with Crippen molar-refractivity contribution in [2.75, 3.05) is 6.61 Å². The molecule has 0 amide bonds. The van der Waals surface area contributed by atoms with Crippen LogP contribution in [0.4, 0.5) is 0 Å². The fourth-order valence-corrected chi connectivity index (χ4v) is 0.0781. The van der Waals surface area contributed by atoms with Crippen molar-refractivity contribution in [1.29, 1.82) is 0 Å². The molecular formula is C3H7MnNO3.